The minimum Gasteiger partial charge on any atom is -0.412 e. The van der Waals surface area contributed by atoms with Crippen LogP contribution in [0.25, 0.3) is 11.0 Å². The van der Waals surface area contributed by atoms with Gasteiger partial charge in [0, 0.05) is 38.5 Å². The van der Waals surface area contributed by atoms with Gasteiger partial charge in [-0.05, 0) is 12.8 Å². The van der Waals surface area contributed by atoms with Crippen LogP contribution in [0.1, 0.15) is 25.7 Å². The first-order chi connectivity index (χ1) is 12.7. The van der Waals surface area contributed by atoms with Crippen molar-refractivity contribution in [1.29, 1.82) is 5.26 Å². The van der Waals surface area contributed by atoms with Crippen LogP contribution in [0.3, 0.4) is 0 Å². The molecule has 0 unspecified atom stereocenters. The molecule has 0 aromatic carbocycles. The molecule has 2 aromatic heterocycles. The van der Waals surface area contributed by atoms with Crippen molar-refractivity contribution in [1.82, 2.24) is 19.9 Å². The minimum absolute atomic E-state index is 0.0554. The number of carbonyl (C=O) groups excluding carboxylic acids is 2. The van der Waals surface area contributed by atoms with Gasteiger partial charge in [0.25, 0.3) is 6.47 Å². The highest BCUT2D eigenvalue weighted by atomic mass is 16.5. The Balaban J connectivity index is 1.57. The number of aromatic nitrogens is 3. The van der Waals surface area contributed by atoms with Crippen molar-refractivity contribution in [2.24, 2.45) is 0 Å². The Hall–Kier alpha value is -3.15. The smallest absolute Gasteiger partial charge is 0.299 e. The first-order valence-corrected chi connectivity index (χ1v) is 8.53. The summed E-state index contributed by atoms with van der Waals surface area (Å²) in [6.45, 7) is 2.33. The quantitative estimate of drug-likeness (QED) is 0.796. The van der Waals surface area contributed by atoms with E-state index < -0.39 is 0 Å². The maximum Gasteiger partial charge on any atom is 0.299 e. The Kier molecular flexibility index (Phi) is 3.95. The van der Waals surface area contributed by atoms with Gasteiger partial charge >= 0.3 is 0 Å². The fourth-order valence-corrected chi connectivity index (χ4v) is 3.69. The number of ether oxygens (including phenoxy) is 1. The van der Waals surface area contributed by atoms with Crippen LogP contribution in [0.2, 0.25) is 0 Å². The van der Waals surface area contributed by atoms with Gasteiger partial charge in [-0.1, -0.05) is 0 Å². The third kappa shape index (κ3) is 2.73. The summed E-state index contributed by atoms with van der Waals surface area (Å²) in [6, 6.07) is 3.75. The van der Waals surface area contributed by atoms with Gasteiger partial charge in [-0.15, -0.1) is 0 Å². The van der Waals surface area contributed by atoms with Gasteiger partial charge in [0.2, 0.25) is 11.8 Å². The van der Waals surface area contributed by atoms with Gasteiger partial charge in [-0.25, -0.2) is 9.97 Å². The first-order valence-electron chi connectivity index (χ1n) is 8.53. The molecule has 0 radical (unpaired) electrons. The first kappa shape index (κ1) is 16.3. The fourth-order valence-electron chi connectivity index (χ4n) is 3.69. The number of carbonyl (C=O) groups is 2. The lowest BCUT2D eigenvalue weighted by Crippen LogP contribution is -2.57. The van der Waals surface area contributed by atoms with E-state index in [4.69, 9.17) is 10.00 Å². The number of rotatable bonds is 5. The highest BCUT2D eigenvalue weighted by Gasteiger charge is 2.53. The fraction of sp³-hybridized carbons (Fsp3) is 0.471. The number of anilines is 1. The van der Waals surface area contributed by atoms with E-state index in [1.54, 1.807) is 6.07 Å². The second kappa shape index (κ2) is 6.29. The Morgan fingerprint density at radius 3 is 3.00 bits per heavy atom. The zero-order chi connectivity index (χ0) is 18.1. The van der Waals surface area contributed by atoms with E-state index in [2.05, 4.69) is 19.9 Å². The van der Waals surface area contributed by atoms with E-state index in [0.717, 1.165) is 24.0 Å². The summed E-state index contributed by atoms with van der Waals surface area (Å²) >= 11 is 0. The number of aromatic amines is 1. The molecule has 134 valence electrons. The van der Waals surface area contributed by atoms with E-state index >= 15 is 0 Å². The van der Waals surface area contributed by atoms with Gasteiger partial charge in [0.15, 0.2) is 0 Å². The maximum atomic E-state index is 12.4. The molecule has 1 saturated carbocycles. The molecule has 0 bridgehead atoms. The molecule has 1 amide bonds. The van der Waals surface area contributed by atoms with E-state index in [1.165, 1.54) is 6.33 Å². The SMILES string of the molecule is N#CCCC(=O)N1CCN(c2ncnc3[nH]c(OC=O)cc23)CC12CC2. The molecule has 9 heteroatoms. The van der Waals surface area contributed by atoms with E-state index in [0.29, 0.717) is 37.6 Å². The largest absolute Gasteiger partial charge is 0.412 e. The molecule has 3 heterocycles. The number of nitrogens with zero attached hydrogens (tertiary/aromatic N) is 5. The van der Waals surface area contributed by atoms with Crippen molar-refractivity contribution < 1.29 is 14.3 Å². The van der Waals surface area contributed by atoms with Crippen LogP contribution in [0.15, 0.2) is 12.4 Å². The summed E-state index contributed by atoms with van der Waals surface area (Å²) in [7, 11) is 0. The van der Waals surface area contributed by atoms with Gasteiger partial charge in [-0.2, -0.15) is 5.26 Å². The van der Waals surface area contributed by atoms with Gasteiger partial charge in [-0.3, -0.25) is 9.59 Å². The third-order valence-corrected chi connectivity index (χ3v) is 5.08. The molecule has 2 aromatic rings. The lowest BCUT2D eigenvalue weighted by atomic mass is 10.1. The third-order valence-electron chi connectivity index (χ3n) is 5.08. The summed E-state index contributed by atoms with van der Waals surface area (Å²) in [5.74, 6) is 1.14. The molecule has 1 aliphatic heterocycles. The number of nitriles is 1. The number of fused-ring (bicyclic) bond motifs is 1. The average molecular weight is 354 g/mol. The summed E-state index contributed by atoms with van der Waals surface area (Å²) in [5, 5.41) is 9.49. The van der Waals surface area contributed by atoms with Crippen LogP contribution in [0.5, 0.6) is 5.88 Å². The lowest BCUT2D eigenvalue weighted by Gasteiger charge is -2.42. The van der Waals surface area contributed by atoms with Crippen LogP contribution < -0.4 is 9.64 Å². The molecule has 2 aliphatic rings. The Morgan fingerprint density at radius 2 is 2.27 bits per heavy atom. The van der Waals surface area contributed by atoms with Crippen molar-refractivity contribution in [3.05, 3.63) is 12.4 Å². The molecule has 0 atom stereocenters. The molecule has 2 fully saturated rings. The standard InChI is InChI=1S/C17H18N6O3/c18-5-1-2-14(25)23-7-6-22(9-17(23)3-4-17)16-12-8-13(26-11-24)21-15(12)19-10-20-16/h8,10-11H,1-4,6-7,9H2,(H,19,20,21). The normalized spacial score (nSPS) is 18.0. The van der Waals surface area contributed by atoms with Crippen LogP contribution in [-0.4, -0.2) is 57.4 Å². The van der Waals surface area contributed by atoms with Crippen LogP contribution in [0.4, 0.5) is 5.82 Å². The predicted molar refractivity (Wildman–Crippen MR) is 91.3 cm³/mol. The van der Waals surface area contributed by atoms with E-state index in [9.17, 15) is 9.59 Å². The number of H-pyrrole nitrogens is 1. The van der Waals surface area contributed by atoms with Crippen molar-refractivity contribution in [3.8, 4) is 11.9 Å². The van der Waals surface area contributed by atoms with Crippen LogP contribution >= 0.6 is 0 Å². The summed E-state index contributed by atoms with van der Waals surface area (Å²) in [6.07, 6.45) is 3.93. The lowest BCUT2D eigenvalue weighted by molar-refractivity contribution is -0.134. The minimum atomic E-state index is -0.152. The molecular formula is C17H18N6O3. The van der Waals surface area contributed by atoms with E-state index in [1.807, 2.05) is 11.0 Å². The zero-order valence-corrected chi connectivity index (χ0v) is 14.1. The Bertz CT molecular complexity index is 898. The monoisotopic (exact) mass is 354 g/mol. The maximum absolute atomic E-state index is 12.4. The van der Waals surface area contributed by atoms with Crippen molar-refractivity contribution in [2.75, 3.05) is 24.5 Å². The highest BCUT2D eigenvalue weighted by molar-refractivity contribution is 5.89. The topological polar surface area (TPSA) is 115 Å². The second-order valence-corrected chi connectivity index (χ2v) is 6.66. The Morgan fingerprint density at radius 1 is 1.42 bits per heavy atom. The van der Waals surface area contributed by atoms with Crippen LogP contribution in [0, 0.1) is 11.3 Å². The number of hydrogen-bond donors (Lipinski definition) is 1. The number of piperazine rings is 1. The molecule has 4 rings (SSSR count). The molecule has 1 saturated heterocycles. The number of nitrogens with one attached hydrogen (secondary N) is 1. The van der Waals surface area contributed by atoms with Crippen molar-refractivity contribution >= 4 is 29.2 Å². The number of amides is 1. The average Bonchev–Trinajstić information content (AvgIpc) is 3.27. The predicted octanol–water partition coefficient (Wildman–Crippen LogP) is 0.978. The second-order valence-electron chi connectivity index (χ2n) is 6.66. The van der Waals surface area contributed by atoms with Crippen molar-refractivity contribution in [3.63, 3.8) is 0 Å². The molecular weight excluding hydrogens is 336 g/mol. The van der Waals surface area contributed by atoms with Crippen molar-refractivity contribution in [2.45, 2.75) is 31.2 Å². The van der Waals surface area contributed by atoms with Gasteiger partial charge < -0.3 is 19.5 Å². The number of hydrogen-bond acceptors (Lipinski definition) is 7. The zero-order valence-electron chi connectivity index (χ0n) is 14.1. The van der Waals surface area contributed by atoms with Gasteiger partial charge in [0.05, 0.1) is 17.0 Å². The summed E-state index contributed by atoms with van der Waals surface area (Å²) < 4.78 is 4.87. The molecule has 1 aliphatic carbocycles. The summed E-state index contributed by atoms with van der Waals surface area (Å²) in [4.78, 5) is 38.6. The molecule has 9 nitrogen and oxygen atoms in total. The molecule has 1 spiro atoms. The molecule has 1 N–H and O–H groups in total. The molecule has 26 heavy (non-hydrogen) atoms. The Labute approximate surface area is 149 Å². The van der Waals surface area contributed by atoms with Crippen LogP contribution in [-0.2, 0) is 9.59 Å². The van der Waals surface area contributed by atoms with E-state index in [-0.39, 0.29) is 24.3 Å². The highest BCUT2D eigenvalue weighted by Crippen LogP contribution is 2.45. The summed E-state index contributed by atoms with van der Waals surface area (Å²) in [5.41, 5.74) is 0.449. The van der Waals surface area contributed by atoms with Gasteiger partial charge in [0.1, 0.15) is 17.8 Å².